The third-order valence-corrected chi connectivity index (χ3v) is 8.05. The molecular formula is C25H28BN5O10S. The van der Waals surface area contributed by atoms with Crippen molar-refractivity contribution in [1.82, 2.24) is 20.4 Å². The molecule has 0 spiro atoms. The Bertz CT molecular complexity index is 1580. The van der Waals surface area contributed by atoms with Crippen molar-refractivity contribution in [2.45, 2.75) is 37.1 Å². The number of nitrogens with zero attached hydrogens (tertiary/aromatic N) is 2. The van der Waals surface area contributed by atoms with Crippen LogP contribution in [0.2, 0.25) is 0 Å². The Morgan fingerprint density at radius 3 is 2.52 bits per heavy atom. The number of amides is 5. The third-order valence-electron chi connectivity index (χ3n) is 7.00. The first-order valence-electron chi connectivity index (χ1n) is 12.8. The van der Waals surface area contributed by atoms with E-state index in [0.717, 1.165) is 6.07 Å². The second-order valence-corrected chi connectivity index (χ2v) is 11.3. The molecular weight excluding hydrogens is 573 g/mol. The summed E-state index contributed by atoms with van der Waals surface area (Å²) in [5.74, 6) is -5.37. The number of sulfonamides is 1. The van der Waals surface area contributed by atoms with Gasteiger partial charge in [-0.3, -0.25) is 19.3 Å². The molecule has 2 atom stereocenters. The Balaban J connectivity index is 1.64. The van der Waals surface area contributed by atoms with Gasteiger partial charge < -0.3 is 30.3 Å². The highest BCUT2D eigenvalue weighted by molar-refractivity contribution is 7.89. The predicted molar refractivity (Wildman–Crippen MR) is 145 cm³/mol. The molecule has 0 aliphatic carbocycles. The van der Waals surface area contributed by atoms with E-state index in [1.54, 1.807) is 13.0 Å². The number of nitrogens with two attached hydrogens (primary N) is 1. The Morgan fingerprint density at radius 1 is 1.17 bits per heavy atom. The number of likely N-dealkylation sites (N-methyl/N-ethyl adjacent to an activating group) is 1. The van der Waals surface area contributed by atoms with Gasteiger partial charge in [0.15, 0.2) is 0 Å². The molecule has 2 aliphatic heterocycles. The number of aromatic carboxylic acids is 1. The number of benzene rings is 2. The van der Waals surface area contributed by atoms with Gasteiger partial charge in [0.2, 0.25) is 15.9 Å². The number of aryl methyl sites for hydroxylation is 1. The number of hydrogen-bond acceptors (Lipinski definition) is 9. The van der Waals surface area contributed by atoms with E-state index < -0.39 is 58.8 Å². The number of carboxylic acids is 1. The lowest BCUT2D eigenvalue weighted by atomic mass is 9.72. The maximum absolute atomic E-state index is 13.6. The van der Waals surface area contributed by atoms with Crippen LogP contribution >= 0.6 is 0 Å². The topological polar surface area (TPSA) is 226 Å². The van der Waals surface area contributed by atoms with E-state index in [9.17, 15) is 42.5 Å². The summed E-state index contributed by atoms with van der Waals surface area (Å²) in [6.45, 7) is 3.34. The molecule has 5 amide bonds. The molecule has 0 radical (unpaired) electrons. The fraction of sp³-hybridized carbons (Fsp3) is 0.320. The average molecular weight is 601 g/mol. The van der Waals surface area contributed by atoms with Gasteiger partial charge in [-0.25, -0.2) is 23.1 Å². The number of carbonyl (C=O) groups is 5. The second-order valence-electron chi connectivity index (χ2n) is 9.72. The van der Waals surface area contributed by atoms with E-state index in [2.05, 4.69) is 10.6 Å². The van der Waals surface area contributed by atoms with Crippen LogP contribution in [0.3, 0.4) is 0 Å². The third kappa shape index (κ3) is 6.07. The van der Waals surface area contributed by atoms with Crippen LogP contribution < -0.4 is 20.4 Å². The number of urea groups is 1. The van der Waals surface area contributed by atoms with Gasteiger partial charge in [0, 0.05) is 19.6 Å². The highest BCUT2D eigenvalue weighted by Gasteiger charge is 2.41. The Hall–Kier alpha value is -4.48. The molecule has 0 bridgehead atoms. The standard InChI is InChI=1S/C25H28BN5O10S/c1-3-30-9-10-31(23(34)22(30)33)25(37)29-19(14-8-7-13(2)17(11-14)42(27,39)40)21(32)28-18-12-15-5-4-6-16(24(35)36)20(15)41-26(18)38/h4-8,11,18-19,38H,3,9-10,12H2,1-2H3,(H,28,32)(H,29,37)(H,35,36)(H2,27,39,40)/t18-,19?/m0/s1. The van der Waals surface area contributed by atoms with E-state index >= 15 is 0 Å². The Kier molecular flexibility index (Phi) is 8.56. The molecule has 2 aromatic rings. The lowest BCUT2D eigenvalue weighted by molar-refractivity contribution is -0.153. The number of piperazine rings is 1. The molecule has 6 N–H and O–H groups in total. The molecule has 15 nitrogen and oxygen atoms in total. The predicted octanol–water partition coefficient (Wildman–Crippen LogP) is -1.08. The number of carbonyl (C=O) groups excluding carboxylic acids is 4. The van der Waals surface area contributed by atoms with Crippen molar-refractivity contribution in [3.05, 3.63) is 58.7 Å². The van der Waals surface area contributed by atoms with Gasteiger partial charge >= 0.3 is 30.9 Å². The zero-order valence-electron chi connectivity index (χ0n) is 22.6. The zero-order valence-corrected chi connectivity index (χ0v) is 23.4. The van der Waals surface area contributed by atoms with E-state index in [-0.39, 0.29) is 53.4 Å². The summed E-state index contributed by atoms with van der Waals surface area (Å²) in [6, 6.07) is 5.47. The lowest BCUT2D eigenvalue weighted by Gasteiger charge is -2.33. The first kappa shape index (κ1) is 30.5. The number of hydrogen-bond donors (Lipinski definition) is 5. The fourth-order valence-corrected chi connectivity index (χ4v) is 5.57. The summed E-state index contributed by atoms with van der Waals surface area (Å²) in [6.07, 6.45) is -0.0493. The molecule has 0 saturated carbocycles. The number of fused-ring (bicyclic) bond motifs is 1. The lowest BCUT2D eigenvalue weighted by Crippen LogP contribution is -2.60. The summed E-state index contributed by atoms with van der Waals surface area (Å²) in [7, 11) is -5.92. The van der Waals surface area contributed by atoms with Gasteiger partial charge in [0.05, 0.1) is 16.4 Å². The van der Waals surface area contributed by atoms with Crippen LogP contribution in [0.4, 0.5) is 4.79 Å². The van der Waals surface area contributed by atoms with Crippen molar-refractivity contribution in [2.24, 2.45) is 5.14 Å². The second kappa shape index (κ2) is 11.8. The van der Waals surface area contributed by atoms with E-state index in [4.69, 9.17) is 9.79 Å². The minimum absolute atomic E-state index is 0.0266. The SMILES string of the molecule is CCN1CCN(C(=O)NC(C(=O)N[C@H]2Cc3cccc(C(=O)O)c3OB2O)c2ccc(C)c(S(N)(=O)=O)c2)C(=O)C1=O. The number of rotatable bonds is 7. The first-order valence-corrected chi connectivity index (χ1v) is 14.3. The van der Waals surface area contributed by atoms with E-state index in [1.807, 2.05) is 0 Å². The maximum atomic E-state index is 13.6. The molecule has 1 unspecified atom stereocenters. The number of para-hydroxylation sites is 1. The van der Waals surface area contributed by atoms with E-state index in [1.165, 1.54) is 36.1 Å². The molecule has 0 aromatic heterocycles. The molecule has 2 aromatic carbocycles. The number of imide groups is 1. The molecule has 4 rings (SSSR count). The van der Waals surface area contributed by atoms with Crippen molar-refractivity contribution < 1.29 is 47.2 Å². The molecule has 1 saturated heterocycles. The largest absolute Gasteiger partial charge is 0.547 e. The normalized spacial score (nSPS) is 17.7. The summed E-state index contributed by atoms with van der Waals surface area (Å²) < 4.78 is 29.7. The van der Waals surface area contributed by atoms with Crippen LogP contribution in [-0.4, -0.2) is 90.8 Å². The first-order chi connectivity index (χ1) is 19.7. The summed E-state index contributed by atoms with van der Waals surface area (Å²) in [5.41, 5.74) is 0.446. The quantitative estimate of drug-likeness (QED) is 0.191. The summed E-state index contributed by atoms with van der Waals surface area (Å²) >= 11 is 0. The summed E-state index contributed by atoms with van der Waals surface area (Å²) in [4.78, 5) is 64.8. The van der Waals surface area contributed by atoms with Crippen molar-refractivity contribution in [1.29, 1.82) is 0 Å². The van der Waals surface area contributed by atoms with Gasteiger partial charge in [0.25, 0.3) is 0 Å². The van der Waals surface area contributed by atoms with Crippen molar-refractivity contribution in [2.75, 3.05) is 19.6 Å². The van der Waals surface area contributed by atoms with Gasteiger partial charge in [0.1, 0.15) is 11.8 Å². The van der Waals surface area contributed by atoms with Crippen molar-refractivity contribution in [3.63, 3.8) is 0 Å². The van der Waals surface area contributed by atoms with Crippen LogP contribution in [0, 0.1) is 6.92 Å². The van der Waals surface area contributed by atoms with Crippen LogP contribution in [-0.2, 0) is 30.8 Å². The maximum Gasteiger partial charge on any atom is 0.547 e. The van der Waals surface area contributed by atoms with Gasteiger partial charge in [-0.15, -0.1) is 0 Å². The smallest absolute Gasteiger partial charge is 0.534 e. The van der Waals surface area contributed by atoms with Gasteiger partial charge in [-0.2, -0.15) is 0 Å². The minimum Gasteiger partial charge on any atom is -0.534 e. The number of nitrogens with one attached hydrogen (secondary N) is 2. The molecule has 1 fully saturated rings. The van der Waals surface area contributed by atoms with Crippen molar-refractivity contribution in [3.8, 4) is 5.75 Å². The van der Waals surface area contributed by atoms with Crippen molar-refractivity contribution >= 4 is 46.9 Å². The molecule has 17 heteroatoms. The van der Waals surface area contributed by atoms with Crippen LogP contribution in [0.25, 0.3) is 0 Å². The minimum atomic E-state index is -4.24. The highest BCUT2D eigenvalue weighted by atomic mass is 32.2. The monoisotopic (exact) mass is 601 g/mol. The molecule has 222 valence electrons. The van der Waals surface area contributed by atoms with Crippen LogP contribution in [0.1, 0.15) is 40.0 Å². The fourth-order valence-electron chi connectivity index (χ4n) is 4.76. The molecule has 2 aliphatic rings. The number of carboxylic acid groups (broad SMARTS) is 1. The van der Waals surface area contributed by atoms with Gasteiger partial charge in [-0.1, -0.05) is 24.3 Å². The molecule has 2 heterocycles. The highest BCUT2D eigenvalue weighted by Crippen LogP contribution is 2.30. The average Bonchev–Trinajstić information content (AvgIpc) is 2.92. The summed E-state index contributed by atoms with van der Waals surface area (Å²) in [5, 5.41) is 30.3. The van der Waals surface area contributed by atoms with Crippen LogP contribution in [0.15, 0.2) is 41.3 Å². The number of primary sulfonamides is 1. The van der Waals surface area contributed by atoms with Gasteiger partial charge in [-0.05, 0) is 49.1 Å². The zero-order chi connectivity index (χ0) is 30.9. The Labute approximate surface area is 240 Å². The Morgan fingerprint density at radius 2 is 1.88 bits per heavy atom. The van der Waals surface area contributed by atoms with E-state index in [0.29, 0.717) is 10.5 Å². The van der Waals surface area contributed by atoms with Crippen LogP contribution in [0.5, 0.6) is 5.75 Å². The molecule has 42 heavy (non-hydrogen) atoms.